The average molecular weight is 225 g/mol. The molecule has 1 rings (SSSR count). The van der Waals surface area contributed by atoms with Crippen molar-refractivity contribution in [1.29, 1.82) is 0 Å². The second-order valence-electron chi connectivity index (χ2n) is 3.16. The molecule has 1 atom stereocenters. The molecule has 1 aromatic carbocycles. The highest BCUT2D eigenvalue weighted by Gasteiger charge is 2.01. The van der Waals surface area contributed by atoms with Crippen LogP contribution in [0, 0.1) is 0 Å². The number of rotatable bonds is 3. The Morgan fingerprint density at radius 2 is 1.62 bits per heavy atom. The molecule has 0 aliphatic carbocycles. The van der Waals surface area contributed by atoms with E-state index in [0.717, 1.165) is 0 Å². The quantitative estimate of drug-likeness (QED) is 0.672. The molecule has 1 unspecified atom stereocenters. The third-order valence-electron chi connectivity index (χ3n) is 1.63. The minimum Gasteiger partial charge on any atom is -0.481 e. The van der Waals surface area contributed by atoms with Crippen molar-refractivity contribution >= 4 is 11.9 Å². The maximum Gasteiger partial charge on any atom is 0.314 e. The van der Waals surface area contributed by atoms with Gasteiger partial charge in [0.2, 0.25) is 0 Å². The van der Waals surface area contributed by atoms with Crippen LogP contribution in [-0.4, -0.2) is 22.2 Å². The largest absolute Gasteiger partial charge is 0.481 e. The van der Waals surface area contributed by atoms with Crippen molar-refractivity contribution < 1.29 is 19.8 Å². The number of aliphatic carboxylic acids is 2. The van der Waals surface area contributed by atoms with Gasteiger partial charge in [0.15, 0.2) is 0 Å². The first-order chi connectivity index (χ1) is 7.43. The van der Waals surface area contributed by atoms with E-state index in [2.05, 4.69) is 0 Å². The number of carbonyl (C=O) groups is 2. The van der Waals surface area contributed by atoms with Crippen LogP contribution >= 0.6 is 0 Å². The van der Waals surface area contributed by atoms with Gasteiger partial charge in [0.25, 0.3) is 0 Å². The van der Waals surface area contributed by atoms with Crippen molar-refractivity contribution in [3.05, 3.63) is 35.9 Å². The molecule has 0 fully saturated rings. The summed E-state index contributed by atoms with van der Waals surface area (Å²) < 4.78 is 0. The summed E-state index contributed by atoms with van der Waals surface area (Å²) in [4.78, 5) is 18.9. The lowest BCUT2D eigenvalue weighted by Gasteiger charge is -2.02. The summed E-state index contributed by atoms with van der Waals surface area (Å²) in [7, 11) is 0. The maximum atomic E-state index is 9.43. The summed E-state index contributed by atoms with van der Waals surface area (Å²) in [6, 6.07) is 10.2. The molecule has 0 heterocycles. The zero-order chi connectivity index (χ0) is 12.6. The molecule has 0 aliphatic heterocycles. The summed E-state index contributed by atoms with van der Waals surface area (Å²) >= 11 is 0. The van der Waals surface area contributed by atoms with Gasteiger partial charge >= 0.3 is 11.9 Å². The van der Waals surface area contributed by atoms with E-state index in [1.165, 1.54) is 5.56 Å². The van der Waals surface area contributed by atoms with Crippen LogP contribution in [0.3, 0.4) is 0 Å². The molecule has 0 spiro atoms. The Balaban J connectivity index is 0.000000293. The van der Waals surface area contributed by atoms with Gasteiger partial charge in [-0.05, 0) is 12.5 Å². The van der Waals surface area contributed by atoms with Crippen LogP contribution in [0.4, 0.5) is 0 Å². The van der Waals surface area contributed by atoms with Crippen LogP contribution in [-0.2, 0) is 9.59 Å². The SMILES string of the molecule is CC(N)c1ccccc1.O=C(O)CC(=O)O. The van der Waals surface area contributed by atoms with Gasteiger partial charge in [0.05, 0.1) is 0 Å². The molecule has 4 N–H and O–H groups in total. The maximum absolute atomic E-state index is 9.43. The van der Waals surface area contributed by atoms with Gasteiger partial charge in [-0.25, -0.2) is 0 Å². The standard InChI is InChI=1S/C8H11N.C3H4O4/c1-7(9)8-5-3-2-4-6-8;4-2(5)1-3(6)7/h2-7H,9H2,1H3;1H2,(H,4,5)(H,6,7). The van der Waals surface area contributed by atoms with E-state index in [4.69, 9.17) is 15.9 Å². The number of carboxylic acids is 2. The molecular weight excluding hydrogens is 210 g/mol. The van der Waals surface area contributed by atoms with E-state index >= 15 is 0 Å². The fraction of sp³-hybridized carbons (Fsp3) is 0.273. The summed E-state index contributed by atoms with van der Waals surface area (Å²) in [5, 5.41) is 15.4. The number of hydrogen-bond donors (Lipinski definition) is 3. The molecule has 0 aliphatic rings. The highest BCUT2D eigenvalue weighted by molar-refractivity contribution is 5.88. The molecule has 0 bridgehead atoms. The average Bonchev–Trinajstić information content (AvgIpc) is 2.17. The van der Waals surface area contributed by atoms with Crippen molar-refractivity contribution in [2.24, 2.45) is 5.73 Å². The molecule has 5 nitrogen and oxygen atoms in total. The van der Waals surface area contributed by atoms with Crippen LogP contribution in [0.15, 0.2) is 30.3 Å². The zero-order valence-electron chi connectivity index (χ0n) is 8.96. The molecule has 5 heteroatoms. The molecule has 0 radical (unpaired) electrons. The number of nitrogens with two attached hydrogens (primary N) is 1. The van der Waals surface area contributed by atoms with Crippen LogP contribution in [0.1, 0.15) is 24.9 Å². The number of hydrogen-bond acceptors (Lipinski definition) is 3. The van der Waals surface area contributed by atoms with E-state index in [0.29, 0.717) is 0 Å². The first-order valence-corrected chi connectivity index (χ1v) is 4.67. The van der Waals surface area contributed by atoms with Crippen molar-refractivity contribution in [2.75, 3.05) is 0 Å². The predicted molar refractivity (Wildman–Crippen MR) is 58.9 cm³/mol. The predicted octanol–water partition coefficient (Wildman–Crippen LogP) is 1.25. The van der Waals surface area contributed by atoms with Crippen LogP contribution in [0.5, 0.6) is 0 Å². The Kier molecular flexibility index (Phi) is 6.55. The second kappa shape index (κ2) is 7.42. The van der Waals surface area contributed by atoms with Crippen molar-refractivity contribution in [2.45, 2.75) is 19.4 Å². The van der Waals surface area contributed by atoms with Gasteiger partial charge in [-0.2, -0.15) is 0 Å². The van der Waals surface area contributed by atoms with Gasteiger partial charge < -0.3 is 15.9 Å². The van der Waals surface area contributed by atoms with Gasteiger partial charge in [0, 0.05) is 6.04 Å². The Hall–Kier alpha value is -1.88. The molecule has 0 saturated heterocycles. The molecule has 0 amide bonds. The van der Waals surface area contributed by atoms with E-state index in [-0.39, 0.29) is 6.04 Å². The summed E-state index contributed by atoms with van der Waals surface area (Å²) in [6.07, 6.45) is -0.806. The molecule has 0 aromatic heterocycles. The Morgan fingerprint density at radius 1 is 1.19 bits per heavy atom. The van der Waals surface area contributed by atoms with E-state index in [1.54, 1.807) is 0 Å². The Bertz CT molecular complexity index is 323. The van der Waals surface area contributed by atoms with Crippen LogP contribution in [0.2, 0.25) is 0 Å². The smallest absolute Gasteiger partial charge is 0.314 e. The normalized spacial score (nSPS) is 10.9. The fourth-order valence-electron chi connectivity index (χ4n) is 0.886. The first kappa shape index (κ1) is 14.1. The third-order valence-corrected chi connectivity index (χ3v) is 1.63. The first-order valence-electron chi connectivity index (χ1n) is 4.67. The summed E-state index contributed by atoms with van der Waals surface area (Å²) in [6.45, 7) is 1.98. The van der Waals surface area contributed by atoms with Gasteiger partial charge in [0.1, 0.15) is 6.42 Å². The number of carboxylic acid groups (broad SMARTS) is 2. The second-order valence-corrected chi connectivity index (χ2v) is 3.16. The monoisotopic (exact) mass is 225 g/mol. The van der Waals surface area contributed by atoms with E-state index in [9.17, 15) is 9.59 Å². The fourth-order valence-corrected chi connectivity index (χ4v) is 0.886. The van der Waals surface area contributed by atoms with E-state index < -0.39 is 18.4 Å². The minimum absolute atomic E-state index is 0.159. The topological polar surface area (TPSA) is 101 Å². The lowest BCUT2D eigenvalue weighted by molar-refractivity contribution is -0.147. The number of benzene rings is 1. The Morgan fingerprint density at radius 3 is 1.81 bits per heavy atom. The summed E-state index contributed by atoms with van der Waals surface area (Å²) in [5.74, 6) is -2.62. The van der Waals surface area contributed by atoms with E-state index in [1.807, 2.05) is 37.3 Å². The molecular formula is C11H15NO4. The zero-order valence-corrected chi connectivity index (χ0v) is 8.96. The van der Waals surface area contributed by atoms with Gasteiger partial charge in [-0.3, -0.25) is 9.59 Å². The van der Waals surface area contributed by atoms with Crippen LogP contribution in [0.25, 0.3) is 0 Å². The molecule has 16 heavy (non-hydrogen) atoms. The lowest BCUT2D eigenvalue weighted by Crippen LogP contribution is -2.03. The summed E-state index contributed by atoms with van der Waals surface area (Å²) in [5.41, 5.74) is 6.81. The molecule has 88 valence electrons. The molecule has 1 aromatic rings. The molecule has 0 saturated carbocycles. The van der Waals surface area contributed by atoms with Crippen LogP contribution < -0.4 is 5.73 Å². The highest BCUT2D eigenvalue weighted by Crippen LogP contribution is 2.06. The van der Waals surface area contributed by atoms with Crippen molar-refractivity contribution in [3.8, 4) is 0 Å². The third kappa shape index (κ3) is 7.52. The van der Waals surface area contributed by atoms with Crippen molar-refractivity contribution in [1.82, 2.24) is 0 Å². The van der Waals surface area contributed by atoms with Gasteiger partial charge in [-0.15, -0.1) is 0 Å². The minimum atomic E-state index is -1.31. The highest BCUT2D eigenvalue weighted by atomic mass is 16.4. The van der Waals surface area contributed by atoms with Crippen molar-refractivity contribution in [3.63, 3.8) is 0 Å². The van der Waals surface area contributed by atoms with Gasteiger partial charge in [-0.1, -0.05) is 30.3 Å². The lowest BCUT2D eigenvalue weighted by atomic mass is 10.1. The Labute approximate surface area is 93.5 Å².